The van der Waals surface area contributed by atoms with Gasteiger partial charge in [-0.3, -0.25) is 0 Å². The van der Waals surface area contributed by atoms with E-state index in [4.69, 9.17) is 4.74 Å². The van der Waals surface area contributed by atoms with Crippen LogP contribution in [0.5, 0.6) is 11.5 Å². The van der Waals surface area contributed by atoms with Crippen molar-refractivity contribution in [2.24, 2.45) is 11.8 Å². The van der Waals surface area contributed by atoms with Gasteiger partial charge in [-0.15, -0.1) is 0 Å². The zero-order chi connectivity index (χ0) is 21.7. The fourth-order valence-corrected chi connectivity index (χ4v) is 4.07. The molecule has 0 spiro atoms. The smallest absolute Gasteiger partial charge is 0.400 e. The first-order valence-corrected chi connectivity index (χ1v) is 10.2. The summed E-state index contributed by atoms with van der Waals surface area (Å²) >= 11 is 0. The Morgan fingerprint density at radius 2 is 1.70 bits per heavy atom. The molecule has 0 bridgehead atoms. The van der Waals surface area contributed by atoms with Gasteiger partial charge in [0.1, 0.15) is 11.6 Å². The van der Waals surface area contributed by atoms with E-state index in [0.29, 0.717) is 18.8 Å². The molecule has 3 rings (SSSR count). The Morgan fingerprint density at radius 1 is 0.967 bits per heavy atom. The van der Waals surface area contributed by atoms with Crippen LogP contribution in [0.3, 0.4) is 0 Å². The van der Waals surface area contributed by atoms with Crippen LogP contribution >= 0.6 is 0 Å². The second kappa shape index (κ2) is 9.67. The van der Waals surface area contributed by atoms with Crippen LogP contribution in [0.25, 0.3) is 11.1 Å². The zero-order valence-corrected chi connectivity index (χ0v) is 16.8. The van der Waals surface area contributed by atoms with Crippen LogP contribution in [0.4, 0.5) is 22.0 Å². The predicted octanol–water partition coefficient (Wildman–Crippen LogP) is 7.52. The fourth-order valence-electron chi connectivity index (χ4n) is 4.07. The monoisotopic (exact) mass is 428 g/mol. The van der Waals surface area contributed by atoms with Gasteiger partial charge < -0.3 is 9.47 Å². The molecule has 1 aliphatic carbocycles. The summed E-state index contributed by atoms with van der Waals surface area (Å²) in [7, 11) is 0. The first-order chi connectivity index (χ1) is 14.3. The Morgan fingerprint density at radius 3 is 2.30 bits per heavy atom. The molecule has 1 fully saturated rings. The average molecular weight is 428 g/mol. The zero-order valence-electron chi connectivity index (χ0n) is 16.8. The van der Waals surface area contributed by atoms with Crippen LogP contribution in [-0.4, -0.2) is 13.0 Å². The van der Waals surface area contributed by atoms with Crippen molar-refractivity contribution in [2.45, 2.75) is 51.6 Å². The van der Waals surface area contributed by atoms with E-state index in [1.807, 2.05) is 0 Å². The van der Waals surface area contributed by atoms with Crippen LogP contribution in [0.15, 0.2) is 36.4 Å². The summed E-state index contributed by atoms with van der Waals surface area (Å²) in [5.74, 6) is -2.67. The first-order valence-electron chi connectivity index (χ1n) is 10.2. The van der Waals surface area contributed by atoms with Gasteiger partial charge in [0.25, 0.3) is 0 Å². The second-order valence-corrected chi connectivity index (χ2v) is 7.71. The average Bonchev–Trinajstić information content (AvgIpc) is 2.70. The maximum Gasteiger partial charge on any atom is 0.400 e. The second-order valence-electron chi connectivity index (χ2n) is 7.71. The minimum absolute atomic E-state index is 0.0106. The third kappa shape index (κ3) is 5.24. The van der Waals surface area contributed by atoms with Gasteiger partial charge in [0.05, 0.1) is 5.92 Å². The van der Waals surface area contributed by atoms with E-state index in [1.165, 1.54) is 24.3 Å². The number of rotatable bonds is 8. The van der Waals surface area contributed by atoms with Crippen molar-refractivity contribution < 1.29 is 31.4 Å². The SMILES string of the molecule is CCCC1CCC(C(F)(F)Oc2ccc(-c3ccc(OCF)c(F)c3)c(F)c2)CC1. The summed E-state index contributed by atoms with van der Waals surface area (Å²) in [6, 6.07) is 6.89. The lowest BCUT2D eigenvalue weighted by molar-refractivity contribution is -0.223. The highest BCUT2D eigenvalue weighted by Crippen LogP contribution is 2.41. The number of benzene rings is 2. The van der Waals surface area contributed by atoms with Crippen LogP contribution in [-0.2, 0) is 0 Å². The van der Waals surface area contributed by atoms with E-state index >= 15 is 0 Å². The highest BCUT2D eigenvalue weighted by Gasteiger charge is 2.43. The predicted molar refractivity (Wildman–Crippen MR) is 104 cm³/mol. The van der Waals surface area contributed by atoms with Crippen molar-refractivity contribution >= 4 is 0 Å². The van der Waals surface area contributed by atoms with E-state index in [9.17, 15) is 22.0 Å². The summed E-state index contributed by atoms with van der Waals surface area (Å²) < 4.78 is 79.2. The summed E-state index contributed by atoms with van der Waals surface area (Å²) in [5, 5.41) is 0. The van der Waals surface area contributed by atoms with Crippen LogP contribution < -0.4 is 9.47 Å². The minimum Gasteiger partial charge on any atom is -0.460 e. The number of ether oxygens (including phenoxy) is 2. The molecule has 0 atom stereocenters. The summed E-state index contributed by atoms with van der Waals surface area (Å²) in [4.78, 5) is 0. The van der Waals surface area contributed by atoms with E-state index in [0.717, 1.165) is 37.8 Å². The Balaban J connectivity index is 1.70. The molecule has 1 aliphatic rings. The molecule has 0 saturated heterocycles. The molecule has 0 heterocycles. The maximum atomic E-state index is 14.6. The topological polar surface area (TPSA) is 18.5 Å². The van der Waals surface area contributed by atoms with Gasteiger partial charge in [0, 0.05) is 11.6 Å². The fraction of sp³-hybridized carbons (Fsp3) is 0.478. The van der Waals surface area contributed by atoms with Gasteiger partial charge in [0.2, 0.25) is 6.86 Å². The number of hydrogen-bond acceptors (Lipinski definition) is 2. The van der Waals surface area contributed by atoms with Gasteiger partial charge in [-0.25, -0.2) is 13.2 Å². The number of hydrogen-bond donors (Lipinski definition) is 0. The van der Waals surface area contributed by atoms with Gasteiger partial charge in [0.15, 0.2) is 11.6 Å². The van der Waals surface area contributed by atoms with Gasteiger partial charge in [-0.2, -0.15) is 8.78 Å². The van der Waals surface area contributed by atoms with Crippen molar-refractivity contribution in [3.63, 3.8) is 0 Å². The molecule has 30 heavy (non-hydrogen) atoms. The van der Waals surface area contributed by atoms with Crippen LogP contribution in [0.1, 0.15) is 45.4 Å². The molecular formula is C23H25F5O2. The largest absolute Gasteiger partial charge is 0.460 e. The van der Waals surface area contributed by atoms with Crippen molar-refractivity contribution in [3.05, 3.63) is 48.0 Å². The minimum atomic E-state index is -3.39. The quantitative estimate of drug-likeness (QED) is 0.405. The molecule has 1 saturated carbocycles. The van der Waals surface area contributed by atoms with Crippen molar-refractivity contribution in [1.82, 2.24) is 0 Å². The lowest BCUT2D eigenvalue weighted by Crippen LogP contribution is -2.37. The highest BCUT2D eigenvalue weighted by molar-refractivity contribution is 5.66. The Labute approximate surface area is 173 Å². The van der Waals surface area contributed by atoms with Crippen LogP contribution in [0.2, 0.25) is 0 Å². The third-order valence-corrected chi connectivity index (χ3v) is 5.67. The van der Waals surface area contributed by atoms with Crippen LogP contribution in [0, 0.1) is 23.5 Å². The van der Waals surface area contributed by atoms with E-state index in [1.54, 1.807) is 0 Å². The summed E-state index contributed by atoms with van der Waals surface area (Å²) in [5.41, 5.74) is 0.181. The van der Waals surface area contributed by atoms with Gasteiger partial charge >= 0.3 is 6.11 Å². The third-order valence-electron chi connectivity index (χ3n) is 5.67. The standard InChI is InChI=1S/C23H25F5O2/c1-2-3-15-4-7-17(8-5-15)23(27,28)30-18-9-10-19(20(25)13-18)16-6-11-22(29-14-24)21(26)12-16/h6,9-13,15,17H,2-5,7-8,14H2,1H3. The molecular weight excluding hydrogens is 403 g/mol. The van der Waals surface area contributed by atoms with Gasteiger partial charge in [-0.05, 0) is 61.4 Å². The molecule has 7 heteroatoms. The molecule has 0 radical (unpaired) electrons. The summed E-state index contributed by atoms with van der Waals surface area (Å²) in [6.45, 7) is 0.897. The lowest BCUT2D eigenvalue weighted by Gasteiger charge is -2.33. The van der Waals surface area contributed by atoms with E-state index < -0.39 is 30.5 Å². The Bertz CT molecular complexity index is 847. The molecule has 0 unspecified atom stereocenters. The molecule has 2 nitrogen and oxygen atoms in total. The van der Waals surface area contributed by atoms with Crippen molar-refractivity contribution in [1.29, 1.82) is 0 Å². The summed E-state index contributed by atoms with van der Waals surface area (Å²) in [6.07, 6.45) is 0.964. The lowest BCUT2D eigenvalue weighted by atomic mass is 9.79. The molecule has 2 aromatic rings. The Kier molecular flexibility index (Phi) is 7.21. The molecule has 0 aromatic heterocycles. The highest BCUT2D eigenvalue weighted by atomic mass is 19.3. The molecule has 0 aliphatic heterocycles. The normalized spacial score (nSPS) is 19.5. The molecule has 164 valence electrons. The van der Waals surface area contributed by atoms with E-state index in [-0.39, 0.29) is 22.6 Å². The van der Waals surface area contributed by atoms with E-state index in [2.05, 4.69) is 11.7 Å². The Hall–Kier alpha value is -2.31. The molecule has 0 N–H and O–H groups in total. The maximum absolute atomic E-state index is 14.6. The molecule has 0 amide bonds. The molecule has 2 aromatic carbocycles. The van der Waals surface area contributed by atoms with Crippen molar-refractivity contribution in [3.8, 4) is 22.6 Å². The van der Waals surface area contributed by atoms with Gasteiger partial charge in [-0.1, -0.05) is 25.8 Å². The number of halogens is 5. The van der Waals surface area contributed by atoms with Crippen molar-refractivity contribution in [2.75, 3.05) is 6.86 Å². The number of alkyl halides is 3. The first kappa shape index (κ1) is 22.4.